The highest BCUT2D eigenvalue weighted by Gasteiger charge is 2.22. The Bertz CT molecular complexity index is 907. The van der Waals surface area contributed by atoms with Gasteiger partial charge < -0.3 is 11.1 Å². The number of benzene rings is 1. The van der Waals surface area contributed by atoms with Crippen LogP contribution in [0.15, 0.2) is 27.8 Å². The molecule has 1 amide bonds. The number of rotatable bonds is 4. The molecular weight excluding hydrogens is 425 g/mol. The highest BCUT2D eigenvalue weighted by atomic mass is 127. The maximum absolute atomic E-state index is 13.9. The van der Waals surface area contributed by atoms with Crippen LogP contribution in [0.1, 0.15) is 10.4 Å². The first-order chi connectivity index (χ1) is 10.8. The summed E-state index contributed by atoms with van der Waals surface area (Å²) in [4.78, 5) is 35.5. The zero-order valence-electron chi connectivity index (χ0n) is 11.8. The number of carbonyl (C=O) groups is 1. The quantitative estimate of drug-likeness (QED) is 0.701. The molecule has 0 radical (unpaired) electrons. The van der Waals surface area contributed by atoms with Crippen LogP contribution in [-0.2, 0) is 13.8 Å². The highest BCUT2D eigenvalue weighted by Crippen LogP contribution is 2.22. The molecule has 2 aromatic rings. The molecule has 0 saturated heterocycles. The van der Waals surface area contributed by atoms with Crippen molar-refractivity contribution >= 4 is 40.0 Å². The molecule has 0 spiro atoms. The van der Waals surface area contributed by atoms with Crippen LogP contribution in [0.4, 0.5) is 20.3 Å². The Hall–Kier alpha value is -2.24. The minimum absolute atomic E-state index is 0.136. The molecule has 0 aliphatic heterocycles. The summed E-state index contributed by atoms with van der Waals surface area (Å²) in [6, 6.07) is 4.06. The molecule has 10 heteroatoms. The second kappa shape index (κ2) is 6.48. The summed E-state index contributed by atoms with van der Waals surface area (Å²) in [5.41, 5.74) is 2.37. The van der Waals surface area contributed by atoms with Gasteiger partial charge in [0.2, 0.25) is 0 Å². The zero-order chi connectivity index (χ0) is 17.3. The zero-order valence-corrected chi connectivity index (χ0v) is 13.9. The van der Waals surface area contributed by atoms with Crippen molar-refractivity contribution in [1.29, 1.82) is 0 Å². The normalized spacial score (nSPS) is 10.6. The van der Waals surface area contributed by atoms with Gasteiger partial charge in [-0.1, -0.05) is 0 Å². The number of nitrogens with two attached hydrogens (primary N) is 1. The number of nitrogens with zero attached hydrogens (tertiary/aromatic N) is 2. The molecule has 0 aliphatic rings. The summed E-state index contributed by atoms with van der Waals surface area (Å²) in [5.74, 6) is -2.36. The predicted molar refractivity (Wildman–Crippen MR) is 88.0 cm³/mol. The van der Waals surface area contributed by atoms with Crippen molar-refractivity contribution in [2.24, 2.45) is 12.8 Å². The van der Waals surface area contributed by atoms with Crippen LogP contribution in [-0.4, -0.2) is 15.0 Å². The Labute approximate surface area is 141 Å². The molecule has 3 N–H and O–H groups in total. The van der Waals surface area contributed by atoms with Crippen LogP contribution in [0.5, 0.6) is 0 Å². The number of primary amides is 1. The summed E-state index contributed by atoms with van der Waals surface area (Å²) in [5, 5.41) is 2.41. The standard InChI is InChI=1S/C13H11F2IN4O3/c1-19-12(22)9(10(17)21)11(20(5-14)13(19)23)18-8-3-2-6(16)4-7(8)15/h2-4,18H,5H2,1H3,(H2,17,21). The number of nitrogens with one attached hydrogen (secondary N) is 1. The van der Waals surface area contributed by atoms with Crippen molar-refractivity contribution in [2.45, 2.75) is 6.80 Å². The van der Waals surface area contributed by atoms with Crippen LogP contribution < -0.4 is 22.3 Å². The molecule has 1 aromatic carbocycles. The number of amides is 1. The topological polar surface area (TPSA) is 99.1 Å². The lowest BCUT2D eigenvalue weighted by atomic mass is 10.2. The number of aromatic nitrogens is 2. The van der Waals surface area contributed by atoms with Crippen molar-refractivity contribution in [1.82, 2.24) is 9.13 Å². The summed E-state index contributed by atoms with van der Waals surface area (Å²) < 4.78 is 28.8. The van der Waals surface area contributed by atoms with E-state index in [0.29, 0.717) is 12.7 Å². The largest absolute Gasteiger partial charge is 0.365 e. The first kappa shape index (κ1) is 17.1. The van der Waals surface area contributed by atoms with Gasteiger partial charge in [-0.2, -0.15) is 0 Å². The Morgan fingerprint density at radius 1 is 1.39 bits per heavy atom. The van der Waals surface area contributed by atoms with Crippen molar-refractivity contribution in [3.05, 3.63) is 54.0 Å². The maximum atomic E-state index is 13.9. The molecule has 122 valence electrons. The maximum Gasteiger partial charge on any atom is 0.334 e. The molecule has 1 aromatic heterocycles. The Balaban J connectivity index is 2.76. The van der Waals surface area contributed by atoms with Gasteiger partial charge in [-0.15, -0.1) is 0 Å². The van der Waals surface area contributed by atoms with Crippen molar-refractivity contribution in [3.8, 4) is 0 Å². The van der Waals surface area contributed by atoms with Gasteiger partial charge >= 0.3 is 5.69 Å². The lowest BCUT2D eigenvalue weighted by molar-refractivity contribution is 0.0998. The van der Waals surface area contributed by atoms with E-state index in [9.17, 15) is 23.2 Å². The molecular formula is C13H11F2IN4O3. The van der Waals surface area contributed by atoms with E-state index in [0.717, 1.165) is 7.05 Å². The molecule has 0 unspecified atom stereocenters. The number of hydrogen-bond donors (Lipinski definition) is 2. The fraction of sp³-hybridized carbons (Fsp3) is 0.154. The SMILES string of the molecule is Cn1c(=O)c(C(N)=O)c(Nc2ccc(I)cc2F)n(CF)c1=O. The highest BCUT2D eigenvalue weighted by molar-refractivity contribution is 14.1. The third-order valence-corrected chi connectivity index (χ3v) is 3.76. The minimum Gasteiger partial charge on any atom is -0.365 e. The molecule has 23 heavy (non-hydrogen) atoms. The van der Waals surface area contributed by atoms with Gasteiger partial charge in [-0.3, -0.25) is 14.2 Å². The summed E-state index contributed by atoms with van der Waals surface area (Å²) in [7, 11) is 1.08. The molecule has 0 atom stereocenters. The number of hydrogen-bond acceptors (Lipinski definition) is 4. The lowest BCUT2D eigenvalue weighted by Crippen LogP contribution is -2.43. The Morgan fingerprint density at radius 3 is 2.57 bits per heavy atom. The van der Waals surface area contributed by atoms with E-state index in [4.69, 9.17) is 5.73 Å². The second-order valence-corrected chi connectivity index (χ2v) is 5.78. The van der Waals surface area contributed by atoms with E-state index < -0.39 is 41.2 Å². The van der Waals surface area contributed by atoms with Gasteiger partial charge in [0.1, 0.15) is 17.2 Å². The summed E-state index contributed by atoms with van der Waals surface area (Å²) >= 11 is 1.89. The third kappa shape index (κ3) is 3.11. The van der Waals surface area contributed by atoms with E-state index >= 15 is 0 Å². The van der Waals surface area contributed by atoms with E-state index in [1.807, 2.05) is 22.6 Å². The number of anilines is 2. The minimum atomic E-state index is -1.33. The molecule has 7 nitrogen and oxygen atoms in total. The van der Waals surface area contributed by atoms with Crippen LogP contribution in [0.2, 0.25) is 0 Å². The average Bonchev–Trinajstić information content (AvgIpc) is 2.48. The van der Waals surface area contributed by atoms with Gasteiger partial charge in [0.15, 0.2) is 6.80 Å². The molecule has 1 heterocycles. The number of halogens is 3. The molecule has 0 aliphatic carbocycles. The van der Waals surface area contributed by atoms with Gasteiger partial charge in [-0.25, -0.2) is 18.1 Å². The smallest absolute Gasteiger partial charge is 0.334 e. The van der Waals surface area contributed by atoms with E-state index in [1.165, 1.54) is 12.1 Å². The van der Waals surface area contributed by atoms with Gasteiger partial charge in [-0.05, 0) is 40.8 Å². The number of carbonyl (C=O) groups excluding carboxylic acids is 1. The Kier molecular flexibility index (Phi) is 4.82. The van der Waals surface area contributed by atoms with Crippen LogP contribution in [0.25, 0.3) is 0 Å². The van der Waals surface area contributed by atoms with Crippen molar-refractivity contribution < 1.29 is 13.6 Å². The first-order valence-electron chi connectivity index (χ1n) is 6.19. The summed E-state index contributed by atoms with van der Waals surface area (Å²) in [6.07, 6.45) is 0. The van der Waals surface area contributed by atoms with E-state index in [1.54, 1.807) is 6.07 Å². The summed E-state index contributed by atoms with van der Waals surface area (Å²) in [6.45, 7) is -1.33. The molecule has 0 saturated carbocycles. The monoisotopic (exact) mass is 436 g/mol. The predicted octanol–water partition coefficient (Wildman–Crippen LogP) is 1.06. The van der Waals surface area contributed by atoms with Gasteiger partial charge in [0.25, 0.3) is 11.5 Å². The third-order valence-electron chi connectivity index (χ3n) is 3.09. The first-order valence-corrected chi connectivity index (χ1v) is 7.27. The number of alkyl halides is 1. The molecule has 0 bridgehead atoms. The van der Waals surface area contributed by atoms with Gasteiger partial charge in [0, 0.05) is 10.6 Å². The fourth-order valence-corrected chi connectivity index (χ4v) is 2.40. The molecule has 0 fully saturated rings. The van der Waals surface area contributed by atoms with Crippen molar-refractivity contribution in [2.75, 3.05) is 5.32 Å². The Morgan fingerprint density at radius 2 is 2.04 bits per heavy atom. The fourth-order valence-electron chi connectivity index (χ4n) is 1.95. The van der Waals surface area contributed by atoms with Crippen molar-refractivity contribution in [3.63, 3.8) is 0 Å². The molecule has 2 rings (SSSR count). The lowest BCUT2D eigenvalue weighted by Gasteiger charge is -2.16. The van der Waals surface area contributed by atoms with E-state index in [-0.39, 0.29) is 5.69 Å². The second-order valence-electron chi connectivity index (χ2n) is 4.53. The van der Waals surface area contributed by atoms with Crippen LogP contribution in [0.3, 0.4) is 0 Å². The average molecular weight is 436 g/mol. The van der Waals surface area contributed by atoms with Crippen LogP contribution in [0, 0.1) is 9.39 Å². The van der Waals surface area contributed by atoms with E-state index in [2.05, 4.69) is 5.32 Å². The van der Waals surface area contributed by atoms with Crippen LogP contribution >= 0.6 is 22.6 Å². The van der Waals surface area contributed by atoms with Gasteiger partial charge in [0.05, 0.1) is 5.69 Å².